The van der Waals surface area contributed by atoms with E-state index in [1.165, 1.54) is 11.8 Å². The highest BCUT2D eigenvalue weighted by molar-refractivity contribution is 8.00. The number of imidazole rings is 1. The number of halogens is 1. The maximum atomic E-state index is 12.6. The number of benzene rings is 2. The number of aryl methyl sites for hydroxylation is 1. The second kappa shape index (κ2) is 8.97. The van der Waals surface area contributed by atoms with Crippen LogP contribution in [0.1, 0.15) is 17.4 Å². The van der Waals surface area contributed by atoms with Gasteiger partial charge >= 0.3 is 0 Å². The predicted octanol–water partition coefficient (Wildman–Crippen LogP) is 4.08. The minimum atomic E-state index is -0.339. The minimum Gasteiger partial charge on any atom is -0.497 e. The molecule has 5 nitrogen and oxygen atoms in total. The molecule has 1 heterocycles. The van der Waals surface area contributed by atoms with Gasteiger partial charge in [-0.25, -0.2) is 4.98 Å². The predicted molar refractivity (Wildman–Crippen MR) is 108 cm³/mol. The summed E-state index contributed by atoms with van der Waals surface area (Å²) >= 11 is 7.36. The van der Waals surface area contributed by atoms with E-state index in [1.807, 2.05) is 66.3 Å². The van der Waals surface area contributed by atoms with Crippen molar-refractivity contribution in [2.45, 2.75) is 10.9 Å². The Morgan fingerprint density at radius 1 is 1.22 bits per heavy atom. The highest BCUT2D eigenvalue weighted by atomic mass is 35.5. The third kappa shape index (κ3) is 5.05. The van der Waals surface area contributed by atoms with E-state index in [2.05, 4.69) is 10.3 Å². The molecule has 1 atom stereocenters. The molecular formula is C20H20ClN3O2S. The molecule has 0 aliphatic heterocycles. The van der Waals surface area contributed by atoms with Crippen LogP contribution in [0.3, 0.4) is 0 Å². The summed E-state index contributed by atoms with van der Waals surface area (Å²) in [6.45, 7) is 0. The molecule has 27 heavy (non-hydrogen) atoms. The van der Waals surface area contributed by atoms with E-state index in [4.69, 9.17) is 16.3 Å². The number of hydrogen-bond acceptors (Lipinski definition) is 4. The minimum absolute atomic E-state index is 0.0706. The molecule has 0 saturated carbocycles. The van der Waals surface area contributed by atoms with Gasteiger partial charge in [-0.15, -0.1) is 11.8 Å². The van der Waals surface area contributed by atoms with Gasteiger partial charge in [0, 0.05) is 29.4 Å². The smallest absolute Gasteiger partial charge is 0.231 e. The monoisotopic (exact) mass is 401 g/mol. The van der Waals surface area contributed by atoms with E-state index in [1.54, 1.807) is 13.3 Å². The molecule has 0 fully saturated rings. The largest absolute Gasteiger partial charge is 0.497 e. The van der Waals surface area contributed by atoms with Crippen LogP contribution >= 0.6 is 23.4 Å². The summed E-state index contributed by atoms with van der Waals surface area (Å²) in [6.07, 6.45) is 3.58. The third-order valence-electron chi connectivity index (χ3n) is 4.05. The third-order valence-corrected chi connectivity index (χ3v) is 5.32. The fourth-order valence-electron chi connectivity index (χ4n) is 2.63. The van der Waals surface area contributed by atoms with Crippen molar-refractivity contribution in [3.05, 3.63) is 77.3 Å². The molecule has 0 radical (unpaired) electrons. The van der Waals surface area contributed by atoms with Gasteiger partial charge in [-0.2, -0.15) is 0 Å². The summed E-state index contributed by atoms with van der Waals surface area (Å²) < 4.78 is 7.12. The van der Waals surface area contributed by atoms with E-state index in [9.17, 15) is 4.79 Å². The molecule has 1 aromatic heterocycles. The zero-order valence-corrected chi connectivity index (χ0v) is 16.6. The van der Waals surface area contributed by atoms with E-state index in [0.29, 0.717) is 10.8 Å². The van der Waals surface area contributed by atoms with Crippen LogP contribution in [0.2, 0.25) is 5.02 Å². The quantitative estimate of drug-likeness (QED) is 0.606. The number of nitrogens with one attached hydrogen (secondary N) is 1. The topological polar surface area (TPSA) is 56.1 Å². The molecule has 3 aromatic rings. The van der Waals surface area contributed by atoms with Crippen molar-refractivity contribution >= 4 is 29.3 Å². The Labute approximate surface area is 167 Å². The molecule has 140 valence electrons. The maximum Gasteiger partial charge on any atom is 0.231 e. The van der Waals surface area contributed by atoms with Crippen LogP contribution < -0.4 is 10.1 Å². The van der Waals surface area contributed by atoms with Gasteiger partial charge in [-0.3, -0.25) is 4.79 Å². The SMILES string of the molecule is COc1ccc(C(NC(=O)CSc2ccc(Cl)cc2)c2nccn2C)cc1. The van der Waals surface area contributed by atoms with E-state index >= 15 is 0 Å². The van der Waals surface area contributed by atoms with Gasteiger partial charge in [0.25, 0.3) is 0 Å². The second-order valence-electron chi connectivity index (χ2n) is 5.91. The van der Waals surface area contributed by atoms with Crippen LogP contribution in [0, 0.1) is 0 Å². The number of nitrogens with zero attached hydrogens (tertiary/aromatic N) is 2. The molecular weight excluding hydrogens is 382 g/mol. The zero-order chi connectivity index (χ0) is 19.2. The number of rotatable bonds is 7. The molecule has 0 spiro atoms. The summed E-state index contributed by atoms with van der Waals surface area (Å²) in [5.74, 6) is 1.77. The molecule has 1 N–H and O–H groups in total. The van der Waals surface area contributed by atoms with E-state index < -0.39 is 0 Å². The molecule has 0 aliphatic rings. The average Bonchev–Trinajstić information content (AvgIpc) is 3.11. The first-order valence-electron chi connectivity index (χ1n) is 8.35. The summed E-state index contributed by atoms with van der Waals surface area (Å²) in [6, 6.07) is 14.7. The number of thioether (sulfide) groups is 1. The fraction of sp³-hybridized carbons (Fsp3) is 0.200. The summed E-state index contributed by atoms with van der Waals surface area (Å²) in [5.41, 5.74) is 0.940. The molecule has 2 aromatic carbocycles. The van der Waals surface area contributed by atoms with Crippen molar-refractivity contribution in [2.75, 3.05) is 12.9 Å². The number of ether oxygens (including phenoxy) is 1. The lowest BCUT2D eigenvalue weighted by Crippen LogP contribution is -2.32. The van der Waals surface area contributed by atoms with Gasteiger partial charge in [0.1, 0.15) is 17.6 Å². The lowest BCUT2D eigenvalue weighted by atomic mass is 10.1. The number of amides is 1. The van der Waals surface area contributed by atoms with Crippen LogP contribution in [0.5, 0.6) is 5.75 Å². The summed E-state index contributed by atoms with van der Waals surface area (Å²) in [7, 11) is 3.54. The zero-order valence-electron chi connectivity index (χ0n) is 15.1. The van der Waals surface area contributed by atoms with Crippen LogP contribution in [0.4, 0.5) is 0 Å². The van der Waals surface area contributed by atoms with Crippen LogP contribution in [0.15, 0.2) is 65.8 Å². The molecule has 3 rings (SSSR count). The van der Waals surface area contributed by atoms with E-state index in [0.717, 1.165) is 22.0 Å². The van der Waals surface area contributed by atoms with Crippen molar-refractivity contribution in [1.29, 1.82) is 0 Å². The lowest BCUT2D eigenvalue weighted by Gasteiger charge is -2.19. The Bertz CT molecular complexity index is 894. The van der Waals surface area contributed by atoms with Crippen LogP contribution in [-0.2, 0) is 11.8 Å². The summed E-state index contributed by atoms with van der Waals surface area (Å²) in [4.78, 5) is 18.0. The van der Waals surface area contributed by atoms with Gasteiger partial charge < -0.3 is 14.6 Å². The Kier molecular flexibility index (Phi) is 6.42. The van der Waals surface area contributed by atoms with Crippen molar-refractivity contribution in [3.8, 4) is 5.75 Å². The van der Waals surface area contributed by atoms with E-state index in [-0.39, 0.29) is 11.9 Å². The average molecular weight is 402 g/mol. The Hall–Kier alpha value is -2.44. The standard InChI is InChI=1S/C20H20ClN3O2S/c1-24-12-11-22-20(24)19(14-3-7-16(26-2)8-4-14)23-18(25)13-27-17-9-5-15(21)6-10-17/h3-12,19H,13H2,1-2H3,(H,23,25). The second-order valence-corrected chi connectivity index (χ2v) is 7.40. The molecule has 0 bridgehead atoms. The van der Waals surface area contributed by atoms with Gasteiger partial charge in [-0.05, 0) is 42.0 Å². The van der Waals surface area contributed by atoms with Gasteiger partial charge in [0.15, 0.2) is 0 Å². The molecule has 7 heteroatoms. The number of hydrogen-bond donors (Lipinski definition) is 1. The van der Waals surface area contributed by atoms with Crippen LogP contribution in [-0.4, -0.2) is 28.3 Å². The Morgan fingerprint density at radius 2 is 1.93 bits per heavy atom. The number of aromatic nitrogens is 2. The molecule has 1 amide bonds. The number of methoxy groups -OCH3 is 1. The molecule has 0 saturated heterocycles. The first-order valence-corrected chi connectivity index (χ1v) is 9.72. The van der Waals surface area contributed by atoms with Crippen molar-refractivity contribution in [1.82, 2.24) is 14.9 Å². The molecule has 1 unspecified atom stereocenters. The normalized spacial score (nSPS) is 11.8. The van der Waals surface area contributed by atoms with Crippen molar-refractivity contribution < 1.29 is 9.53 Å². The van der Waals surface area contributed by atoms with Gasteiger partial charge in [0.05, 0.1) is 12.9 Å². The molecule has 0 aliphatic carbocycles. The van der Waals surface area contributed by atoms with Gasteiger partial charge in [0.2, 0.25) is 5.91 Å². The summed E-state index contributed by atoms with van der Waals surface area (Å²) in [5, 5.41) is 3.76. The Morgan fingerprint density at radius 3 is 2.52 bits per heavy atom. The highest BCUT2D eigenvalue weighted by Gasteiger charge is 2.20. The number of carbonyl (C=O) groups is 1. The van der Waals surface area contributed by atoms with Gasteiger partial charge in [-0.1, -0.05) is 23.7 Å². The lowest BCUT2D eigenvalue weighted by molar-refractivity contribution is -0.119. The van der Waals surface area contributed by atoms with Crippen LogP contribution in [0.25, 0.3) is 0 Å². The number of carbonyl (C=O) groups excluding carboxylic acids is 1. The maximum absolute atomic E-state index is 12.6. The fourth-order valence-corrected chi connectivity index (χ4v) is 3.47. The van der Waals surface area contributed by atoms with Crippen molar-refractivity contribution in [3.63, 3.8) is 0 Å². The Balaban J connectivity index is 1.73. The highest BCUT2D eigenvalue weighted by Crippen LogP contribution is 2.24. The first-order chi connectivity index (χ1) is 13.1. The first kappa shape index (κ1) is 19.3. The van der Waals surface area contributed by atoms with Crippen molar-refractivity contribution in [2.24, 2.45) is 7.05 Å².